The summed E-state index contributed by atoms with van der Waals surface area (Å²) in [4.78, 5) is 8.98. The molecule has 2 aliphatic rings. The molecule has 3 N–H and O–H groups in total. The summed E-state index contributed by atoms with van der Waals surface area (Å²) in [5.74, 6) is 1.09. The number of rotatable bonds is 9. The van der Waals surface area contributed by atoms with Gasteiger partial charge in [0, 0.05) is 36.1 Å². The third-order valence-corrected chi connectivity index (χ3v) is 7.83. The molecule has 6 rings (SSSR count). The maximum Gasteiger partial charge on any atom is 0.151 e. The molecule has 6 nitrogen and oxygen atoms in total. The molecule has 0 amide bonds. The van der Waals surface area contributed by atoms with Crippen LogP contribution in [-0.4, -0.2) is 26.7 Å². The zero-order valence-corrected chi connectivity index (χ0v) is 22.2. The van der Waals surface area contributed by atoms with Crippen molar-refractivity contribution in [2.24, 2.45) is 5.92 Å². The highest BCUT2D eigenvalue weighted by molar-refractivity contribution is 5.95. The maximum atomic E-state index is 15.2. The Morgan fingerprint density at radius 1 is 1.15 bits per heavy atom. The minimum absolute atomic E-state index is 0.277. The summed E-state index contributed by atoms with van der Waals surface area (Å²) in [6, 6.07) is 7.56. The highest BCUT2D eigenvalue weighted by Gasteiger charge is 2.18. The van der Waals surface area contributed by atoms with Crippen molar-refractivity contribution < 1.29 is 4.39 Å². The van der Waals surface area contributed by atoms with Crippen molar-refractivity contribution in [1.29, 1.82) is 0 Å². The van der Waals surface area contributed by atoms with Crippen LogP contribution in [0.25, 0.3) is 33.3 Å². The summed E-state index contributed by atoms with van der Waals surface area (Å²) in [5.41, 5.74) is 7.50. The zero-order chi connectivity index (χ0) is 26.8. The monoisotopic (exact) mass is 520 g/mol. The molecule has 0 bridgehead atoms. The second-order valence-electron chi connectivity index (χ2n) is 10.5. The van der Waals surface area contributed by atoms with Crippen LogP contribution in [-0.2, 0) is 6.54 Å². The summed E-state index contributed by atoms with van der Waals surface area (Å²) < 4.78 is 15.2. The maximum absolute atomic E-state index is 15.2. The number of H-pyrrole nitrogens is 1. The second-order valence-corrected chi connectivity index (χ2v) is 10.5. The topological polar surface area (TPSA) is 78.5 Å². The Hall–Kier alpha value is -4.10. The predicted octanol–water partition coefficient (Wildman–Crippen LogP) is 7.17. The smallest absolute Gasteiger partial charge is 0.151 e. The van der Waals surface area contributed by atoms with Gasteiger partial charge >= 0.3 is 0 Å². The number of benzene rings is 1. The average Bonchev–Trinajstić information content (AvgIpc) is 3.72. The van der Waals surface area contributed by atoms with Crippen LogP contribution in [0.5, 0.6) is 0 Å². The number of halogens is 1. The molecule has 0 spiro atoms. The van der Waals surface area contributed by atoms with Gasteiger partial charge in [-0.05, 0) is 90.7 Å². The van der Waals surface area contributed by atoms with Gasteiger partial charge in [0.2, 0.25) is 0 Å². The number of hydrogen-bond donors (Lipinski definition) is 3. The van der Waals surface area contributed by atoms with Crippen LogP contribution in [0.1, 0.15) is 54.5 Å². The third-order valence-electron chi connectivity index (χ3n) is 7.83. The van der Waals surface area contributed by atoms with Crippen LogP contribution >= 0.6 is 0 Å². The van der Waals surface area contributed by atoms with Crippen molar-refractivity contribution in [3.63, 3.8) is 0 Å². The van der Waals surface area contributed by atoms with E-state index in [0.29, 0.717) is 22.6 Å². The Morgan fingerprint density at radius 2 is 2.03 bits per heavy atom. The first kappa shape index (κ1) is 25.2. The molecule has 198 valence electrons. The lowest BCUT2D eigenvalue weighted by atomic mass is 10.0. The van der Waals surface area contributed by atoms with Gasteiger partial charge in [-0.3, -0.25) is 10.1 Å². The van der Waals surface area contributed by atoms with Gasteiger partial charge < -0.3 is 10.6 Å². The minimum Gasteiger partial charge on any atom is -0.339 e. The van der Waals surface area contributed by atoms with Crippen LogP contribution < -0.4 is 10.6 Å². The van der Waals surface area contributed by atoms with E-state index in [9.17, 15) is 0 Å². The molecular weight excluding hydrogens is 487 g/mol. The number of nitrogens with one attached hydrogen (secondary N) is 3. The van der Waals surface area contributed by atoms with E-state index < -0.39 is 0 Å². The van der Waals surface area contributed by atoms with Crippen molar-refractivity contribution in [2.45, 2.75) is 45.6 Å². The molecule has 1 fully saturated rings. The van der Waals surface area contributed by atoms with E-state index in [1.807, 2.05) is 25.3 Å². The Kier molecular flexibility index (Phi) is 7.07. The number of allylic oxidation sites excluding steroid dienone is 4. The van der Waals surface area contributed by atoms with E-state index in [1.165, 1.54) is 37.3 Å². The number of aromatic nitrogens is 4. The first-order valence-corrected chi connectivity index (χ1v) is 13.7. The van der Waals surface area contributed by atoms with Crippen molar-refractivity contribution in [2.75, 3.05) is 11.9 Å². The molecule has 7 heteroatoms. The third kappa shape index (κ3) is 5.27. The molecule has 1 saturated carbocycles. The largest absolute Gasteiger partial charge is 0.339 e. The summed E-state index contributed by atoms with van der Waals surface area (Å²) in [5, 5.41) is 14.8. The highest BCUT2D eigenvalue weighted by atomic mass is 19.1. The number of hydrogen-bond acceptors (Lipinski definition) is 5. The first-order valence-electron chi connectivity index (χ1n) is 13.7. The minimum atomic E-state index is -0.390. The summed E-state index contributed by atoms with van der Waals surface area (Å²) in [6.45, 7) is 8.05. The Bertz CT molecular complexity index is 1590. The molecule has 39 heavy (non-hydrogen) atoms. The molecule has 4 aromatic rings. The zero-order valence-electron chi connectivity index (χ0n) is 22.2. The van der Waals surface area contributed by atoms with Gasteiger partial charge in [0.25, 0.3) is 0 Å². The van der Waals surface area contributed by atoms with E-state index >= 15 is 4.39 Å². The van der Waals surface area contributed by atoms with Gasteiger partial charge in [-0.15, -0.1) is 0 Å². The van der Waals surface area contributed by atoms with Crippen LogP contribution in [0.15, 0.2) is 67.7 Å². The molecule has 1 aromatic carbocycles. The quantitative estimate of drug-likeness (QED) is 0.218. The molecular formula is C32H33FN6. The molecule has 2 aliphatic carbocycles. The van der Waals surface area contributed by atoms with Gasteiger partial charge in [0.05, 0.1) is 11.4 Å². The second kappa shape index (κ2) is 10.9. The van der Waals surface area contributed by atoms with E-state index in [0.717, 1.165) is 53.2 Å². The number of nitrogens with zero attached hydrogens (tertiary/aromatic N) is 3. The summed E-state index contributed by atoms with van der Waals surface area (Å²) in [7, 11) is 0. The molecule has 3 aromatic heterocycles. The summed E-state index contributed by atoms with van der Waals surface area (Å²) >= 11 is 0. The van der Waals surface area contributed by atoms with Crippen LogP contribution in [0.3, 0.4) is 0 Å². The number of fused-ring (bicyclic) bond motifs is 1. The van der Waals surface area contributed by atoms with Gasteiger partial charge in [-0.2, -0.15) is 5.10 Å². The lowest BCUT2D eigenvalue weighted by Crippen LogP contribution is -2.20. The lowest BCUT2D eigenvalue weighted by molar-refractivity contribution is 0.489. The molecule has 0 radical (unpaired) electrons. The molecule has 0 saturated heterocycles. The lowest BCUT2D eigenvalue weighted by Gasteiger charge is -2.14. The number of pyridine rings is 2. The van der Waals surface area contributed by atoms with E-state index in [2.05, 4.69) is 61.7 Å². The highest BCUT2D eigenvalue weighted by Crippen LogP contribution is 2.32. The predicted molar refractivity (Wildman–Crippen MR) is 156 cm³/mol. The standard InChI is InChI=1S/C32H33FN6/c1-20-27(24-9-5-6-10-24)11-12-36-32(20)37-21(2)30-28-14-25(15-29(33)31(28)39-38-30)26-13-23(18-35-19-26)17-34-16-22-7-3-4-8-22/h5,9-15,18-19,22,34H,2-4,6-8,16-17H2,1H3,(H,36,37)(H,38,39). The Morgan fingerprint density at radius 3 is 2.85 bits per heavy atom. The Balaban J connectivity index is 1.24. The molecule has 3 heterocycles. The fraction of sp³-hybridized carbons (Fsp3) is 0.281. The van der Waals surface area contributed by atoms with Crippen LogP contribution in [0.4, 0.5) is 10.2 Å². The van der Waals surface area contributed by atoms with Crippen LogP contribution in [0, 0.1) is 18.7 Å². The fourth-order valence-corrected chi connectivity index (χ4v) is 5.69. The molecule has 0 aliphatic heterocycles. The van der Waals surface area contributed by atoms with Gasteiger partial charge in [-0.25, -0.2) is 9.37 Å². The van der Waals surface area contributed by atoms with E-state index in [1.54, 1.807) is 12.4 Å². The SMILES string of the molecule is C=C(Nc1nccc(C2=CCC=C2)c1C)c1[nH]nc2c(F)cc(-c3cncc(CNCC4CCCC4)c3)cc12. The number of anilines is 1. The normalized spacial score (nSPS) is 15.3. The Labute approximate surface area is 228 Å². The fourth-order valence-electron chi connectivity index (χ4n) is 5.69. The van der Waals surface area contributed by atoms with Crippen molar-refractivity contribution in [3.05, 3.63) is 95.9 Å². The first-order chi connectivity index (χ1) is 19.1. The van der Waals surface area contributed by atoms with E-state index in [-0.39, 0.29) is 11.3 Å². The van der Waals surface area contributed by atoms with Crippen molar-refractivity contribution in [1.82, 2.24) is 25.5 Å². The molecule has 0 atom stereocenters. The number of aromatic amines is 1. The van der Waals surface area contributed by atoms with Gasteiger partial charge in [0.1, 0.15) is 11.3 Å². The summed E-state index contributed by atoms with van der Waals surface area (Å²) in [6.07, 6.45) is 18.2. The van der Waals surface area contributed by atoms with Crippen molar-refractivity contribution in [3.8, 4) is 11.1 Å². The molecule has 0 unspecified atom stereocenters. The van der Waals surface area contributed by atoms with Gasteiger partial charge in [0.15, 0.2) is 5.82 Å². The van der Waals surface area contributed by atoms with Crippen LogP contribution in [0.2, 0.25) is 0 Å². The van der Waals surface area contributed by atoms with Crippen molar-refractivity contribution >= 4 is 28.0 Å². The van der Waals surface area contributed by atoms with E-state index in [4.69, 9.17) is 0 Å². The average molecular weight is 521 g/mol. The van der Waals surface area contributed by atoms with Gasteiger partial charge in [-0.1, -0.05) is 37.6 Å².